The highest BCUT2D eigenvalue weighted by molar-refractivity contribution is 7.39. The van der Waals surface area contributed by atoms with E-state index in [1.807, 2.05) is 49.9 Å². The standard InChI is InChI=1S/C43H55N8O5P/c1-24(2)36(48-42(54)56-5)40(52)50-20-8-12-34(50)38-44-22-32(46-38)27-16-14-26(15-17-27)28-18-19-31(30-11-7-6-10-29(28)30)33-23-45-39(47-33)35-13-9-21-51(35)41(53)37(25(3)4)49-43(55)57/h14-19,22-25,34-37H,6-13,20-21,57H2,1-5H3,(H,44,46)(H,45,47)(H,48,54)(H,49,55)/t34-,35-,36-,37-/m0/s1. The van der Waals surface area contributed by atoms with Gasteiger partial charge in [0.15, 0.2) is 0 Å². The number of imidazole rings is 2. The highest BCUT2D eigenvalue weighted by Crippen LogP contribution is 2.40. The van der Waals surface area contributed by atoms with Gasteiger partial charge in [0.1, 0.15) is 23.7 Å². The lowest BCUT2D eigenvalue weighted by Gasteiger charge is -2.30. The first-order valence-corrected chi connectivity index (χ1v) is 20.9. The zero-order valence-electron chi connectivity index (χ0n) is 33.6. The van der Waals surface area contributed by atoms with Crippen molar-refractivity contribution in [3.63, 3.8) is 0 Å². The minimum atomic E-state index is -0.683. The van der Waals surface area contributed by atoms with Crippen LogP contribution in [0.1, 0.15) is 101 Å². The van der Waals surface area contributed by atoms with Crippen LogP contribution in [-0.2, 0) is 27.2 Å². The summed E-state index contributed by atoms with van der Waals surface area (Å²) >= 11 is 0. The van der Waals surface area contributed by atoms with E-state index in [4.69, 9.17) is 14.7 Å². The van der Waals surface area contributed by atoms with E-state index in [-0.39, 0.29) is 41.4 Å². The van der Waals surface area contributed by atoms with E-state index in [2.05, 4.69) is 66.2 Å². The van der Waals surface area contributed by atoms with Gasteiger partial charge in [-0.25, -0.2) is 14.8 Å². The molecule has 7 rings (SSSR count). The third-order valence-electron chi connectivity index (χ3n) is 11.8. The van der Waals surface area contributed by atoms with Crippen LogP contribution in [0, 0.1) is 11.8 Å². The van der Waals surface area contributed by atoms with Crippen LogP contribution in [-0.4, -0.2) is 85.6 Å². The lowest BCUT2D eigenvalue weighted by atomic mass is 9.82. The number of benzene rings is 2. The maximum atomic E-state index is 13.6. The van der Waals surface area contributed by atoms with Crippen LogP contribution < -0.4 is 10.6 Å². The summed E-state index contributed by atoms with van der Waals surface area (Å²) in [5.74, 6) is 1.18. The van der Waals surface area contributed by atoms with Crippen molar-refractivity contribution in [2.24, 2.45) is 11.8 Å². The van der Waals surface area contributed by atoms with E-state index in [1.54, 1.807) is 0 Å². The average molecular weight is 795 g/mol. The summed E-state index contributed by atoms with van der Waals surface area (Å²) in [4.78, 5) is 71.4. The van der Waals surface area contributed by atoms with Crippen LogP contribution in [0.25, 0.3) is 33.6 Å². The summed E-state index contributed by atoms with van der Waals surface area (Å²) in [6, 6.07) is 11.4. The molecule has 1 unspecified atom stereocenters. The van der Waals surface area contributed by atoms with Gasteiger partial charge in [-0.1, -0.05) is 64.1 Å². The number of hydrogen-bond acceptors (Lipinski definition) is 7. The van der Waals surface area contributed by atoms with Crippen LogP contribution >= 0.6 is 9.24 Å². The van der Waals surface area contributed by atoms with Crippen molar-refractivity contribution < 1.29 is 23.9 Å². The van der Waals surface area contributed by atoms with Crippen LogP contribution in [0.15, 0.2) is 48.8 Å². The van der Waals surface area contributed by atoms with Crippen molar-refractivity contribution >= 4 is 32.8 Å². The minimum absolute atomic E-state index is 0.0375. The van der Waals surface area contributed by atoms with Crippen LogP contribution in [0.5, 0.6) is 0 Å². The first-order valence-electron chi connectivity index (χ1n) is 20.3. The molecule has 2 fully saturated rings. The molecule has 0 saturated carbocycles. The summed E-state index contributed by atoms with van der Waals surface area (Å²) in [5.41, 5.74) is 8.80. The maximum absolute atomic E-state index is 13.6. The molecule has 2 aromatic carbocycles. The second-order valence-corrected chi connectivity index (χ2v) is 16.8. The second-order valence-electron chi connectivity index (χ2n) is 16.2. The fourth-order valence-corrected chi connectivity index (χ4v) is 9.05. The Labute approximate surface area is 336 Å². The van der Waals surface area contributed by atoms with Gasteiger partial charge in [0.05, 0.1) is 43.0 Å². The van der Waals surface area contributed by atoms with Gasteiger partial charge in [0.2, 0.25) is 17.5 Å². The summed E-state index contributed by atoms with van der Waals surface area (Å²) in [6.45, 7) is 8.95. The zero-order valence-corrected chi connectivity index (χ0v) is 34.7. The van der Waals surface area contributed by atoms with Gasteiger partial charge in [0, 0.05) is 18.7 Å². The Morgan fingerprint density at radius 2 is 1.19 bits per heavy atom. The van der Waals surface area contributed by atoms with E-state index in [9.17, 15) is 19.2 Å². The molecule has 3 aliphatic rings. The smallest absolute Gasteiger partial charge is 0.407 e. The minimum Gasteiger partial charge on any atom is -0.453 e. The molecular weight excluding hydrogens is 739 g/mol. The molecule has 2 aliphatic heterocycles. The molecule has 57 heavy (non-hydrogen) atoms. The first kappa shape index (κ1) is 40.2. The predicted octanol–water partition coefficient (Wildman–Crippen LogP) is 7.33. The van der Waals surface area contributed by atoms with Crippen molar-refractivity contribution in [2.75, 3.05) is 20.2 Å². The number of fused-ring (bicyclic) bond motifs is 1. The summed E-state index contributed by atoms with van der Waals surface area (Å²) in [6.07, 6.45) is 10.7. The summed E-state index contributed by atoms with van der Waals surface area (Å²) in [5, 5.41) is 5.54. The third kappa shape index (κ3) is 8.35. The SMILES string of the molecule is COC(=O)N[C@H](C(=O)N1CCC[C@H]1c1ncc(-c2ccc(-c3ccc(-c4cnc([C@@H]5CCCN5C(=O)[C@@H](NC(=O)P)C(C)C)[nH]4)c4c3CCCC4)cc2)[nH]1)C(C)C. The monoisotopic (exact) mass is 794 g/mol. The Hall–Kier alpha value is -5.03. The van der Waals surface area contributed by atoms with Gasteiger partial charge in [0.25, 0.3) is 0 Å². The number of nitrogens with one attached hydrogen (secondary N) is 4. The molecule has 302 valence electrons. The number of methoxy groups -OCH3 is 1. The number of nitrogens with zero attached hydrogens (tertiary/aromatic N) is 4. The lowest BCUT2D eigenvalue weighted by molar-refractivity contribution is -0.136. The summed E-state index contributed by atoms with van der Waals surface area (Å²) < 4.78 is 4.78. The van der Waals surface area contributed by atoms with Crippen LogP contribution in [0.3, 0.4) is 0 Å². The van der Waals surface area contributed by atoms with E-state index in [1.165, 1.54) is 23.8 Å². The molecule has 0 bridgehead atoms. The van der Waals surface area contributed by atoms with Crippen molar-refractivity contribution in [2.45, 2.75) is 103 Å². The molecule has 0 radical (unpaired) electrons. The largest absolute Gasteiger partial charge is 0.453 e. The van der Waals surface area contributed by atoms with E-state index in [0.29, 0.717) is 13.1 Å². The highest BCUT2D eigenvalue weighted by Gasteiger charge is 2.39. The number of carbonyl (C=O) groups excluding carboxylic acids is 4. The van der Waals surface area contributed by atoms with Gasteiger partial charge < -0.3 is 35.1 Å². The van der Waals surface area contributed by atoms with Crippen LogP contribution in [0.4, 0.5) is 9.59 Å². The van der Waals surface area contributed by atoms with Gasteiger partial charge in [-0.05, 0) is 100 Å². The average Bonchev–Trinajstić information content (AvgIpc) is 4.05. The Morgan fingerprint density at radius 3 is 1.74 bits per heavy atom. The normalized spacial score (nSPS) is 19.1. The molecule has 4 N–H and O–H groups in total. The fourth-order valence-electron chi connectivity index (χ4n) is 8.87. The molecule has 14 heteroatoms. The van der Waals surface area contributed by atoms with E-state index in [0.717, 1.165) is 91.1 Å². The molecule has 4 aromatic rings. The number of rotatable bonds is 11. The molecule has 4 amide bonds. The molecule has 2 saturated heterocycles. The molecule has 2 aromatic heterocycles. The molecular formula is C43H55N8O5P. The molecule has 5 atom stereocenters. The van der Waals surface area contributed by atoms with Crippen molar-refractivity contribution in [1.82, 2.24) is 40.4 Å². The molecule has 13 nitrogen and oxygen atoms in total. The fraction of sp³-hybridized carbons (Fsp3) is 0.488. The number of aromatic amines is 2. The second kappa shape index (κ2) is 17.2. The Kier molecular flexibility index (Phi) is 12.1. The Morgan fingerprint density at radius 1 is 0.702 bits per heavy atom. The number of likely N-dealkylation sites (tertiary alicyclic amines) is 2. The van der Waals surface area contributed by atoms with Gasteiger partial charge >= 0.3 is 6.09 Å². The van der Waals surface area contributed by atoms with Gasteiger partial charge in [-0.15, -0.1) is 0 Å². The van der Waals surface area contributed by atoms with Gasteiger partial charge in [-0.3, -0.25) is 14.4 Å². The number of carbonyl (C=O) groups is 4. The third-order valence-corrected chi connectivity index (χ3v) is 12.0. The molecule has 1 aliphatic carbocycles. The maximum Gasteiger partial charge on any atom is 0.407 e. The van der Waals surface area contributed by atoms with E-state index >= 15 is 0 Å². The summed E-state index contributed by atoms with van der Waals surface area (Å²) in [7, 11) is 3.41. The molecule has 0 spiro atoms. The van der Waals surface area contributed by atoms with Crippen molar-refractivity contribution in [1.29, 1.82) is 0 Å². The predicted molar refractivity (Wildman–Crippen MR) is 222 cm³/mol. The van der Waals surface area contributed by atoms with Crippen molar-refractivity contribution in [3.05, 3.63) is 71.6 Å². The van der Waals surface area contributed by atoms with Gasteiger partial charge in [-0.2, -0.15) is 0 Å². The highest BCUT2D eigenvalue weighted by atomic mass is 31.0. The number of H-pyrrole nitrogens is 2. The number of aromatic nitrogens is 4. The topological polar surface area (TPSA) is 165 Å². The number of alkyl carbamates (subject to hydrolysis) is 1. The number of hydrogen-bond donors (Lipinski definition) is 4. The van der Waals surface area contributed by atoms with E-state index < -0.39 is 18.2 Å². The first-order chi connectivity index (χ1) is 27.4. The van der Waals surface area contributed by atoms with Crippen LogP contribution in [0.2, 0.25) is 0 Å². The molecule has 4 heterocycles. The number of ether oxygens (including phenoxy) is 1. The number of amides is 4. The Bertz CT molecular complexity index is 2110. The van der Waals surface area contributed by atoms with Crippen molar-refractivity contribution in [3.8, 4) is 33.6 Å². The Balaban J connectivity index is 1.09. The lowest BCUT2D eigenvalue weighted by Crippen LogP contribution is -2.51. The quantitative estimate of drug-likeness (QED) is 0.116. The zero-order chi connectivity index (χ0) is 40.4.